The zero-order valence-corrected chi connectivity index (χ0v) is 21.2. The van der Waals surface area contributed by atoms with Gasteiger partial charge in [-0.3, -0.25) is 19.8 Å². The average molecular weight is 505 g/mol. The Morgan fingerprint density at radius 1 is 0.892 bits per heavy atom. The van der Waals surface area contributed by atoms with Crippen molar-refractivity contribution in [1.82, 2.24) is 4.90 Å². The van der Waals surface area contributed by atoms with E-state index in [2.05, 4.69) is 5.32 Å². The molecule has 3 aromatic rings. The maximum atomic E-state index is 13.5. The summed E-state index contributed by atoms with van der Waals surface area (Å²) in [6, 6.07) is 15.3. The van der Waals surface area contributed by atoms with Crippen LogP contribution in [0.4, 0.5) is 10.5 Å². The number of hydrogen-bond donors (Lipinski definition) is 2. The number of nitrogens with one attached hydrogen (secondary N) is 1. The molecule has 0 aliphatic carbocycles. The first-order valence-corrected chi connectivity index (χ1v) is 11.6. The molecule has 3 aromatic carbocycles. The van der Waals surface area contributed by atoms with Gasteiger partial charge >= 0.3 is 6.09 Å². The Hall–Kier alpha value is -4.53. The number of hydrogen-bond acceptors (Lipinski definition) is 7. The van der Waals surface area contributed by atoms with Crippen LogP contribution >= 0.6 is 0 Å². The minimum atomic E-state index is -0.910. The highest BCUT2D eigenvalue weighted by molar-refractivity contribution is 6.23. The van der Waals surface area contributed by atoms with Gasteiger partial charge in [-0.1, -0.05) is 24.3 Å². The van der Waals surface area contributed by atoms with E-state index in [-0.39, 0.29) is 16.9 Å². The standard InChI is InChI=1S/C28H28N2O7/c1-28(2,3)37-27(34)29-18-9-6-8-16(14-18)24(17-12-13-21(35-4)22(15-17)36-5)30-25(32)19-10-7-11-20(31)23(19)26(30)33/h6-15,24,31H,1-5H3,(H,29,34). The van der Waals surface area contributed by atoms with Gasteiger partial charge < -0.3 is 19.3 Å². The number of nitrogens with zero attached hydrogens (tertiary/aromatic N) is 1. The summed E-state index contributed by atoms with van der Waals surface area (Å²) in [4.78, 5) is 40.5. The van der Waals surface area contributed by atoms with Crippen molar-refractivity contribution in [3.05, 3.63) is 82.9 Å². The second-order valence-corrected chi connectivity index (χ2v) is 9.45. The number of methoxy groups -OCH3 is 2. The van der Waals surface area contributed by atoms with E-state index >= 15 is 0 Å². The van der Waals surface area contributed by atoms with Gasteiger partial charge in [-0.05, 0) is 68.3 Å². The number of fused-ring (bicyclic) bond motifs is 1. The summed E-state index contributed by atoms with van der Waals surface area (Å²) in [6.07, 6.45) is -0.641. The van der Waals surface area contributed by atoms with Gasteiger partial charge in [0.25, 0.3) is 11.8 Å². The number of carbonyl (C=O) groups excluding carboxylic acids is 3. The lowest BCUT2D eigenvalue weighted by Crippen LogP contribution is -2.35. The number of phenols is 1. The molecule has 0 fully saturated rings. The molecule has 0 radical (unpaired) electrons. The first kappa shape index (κ1) is 25.6. The van der Waals surface area contributed by atoms with Crippen LogP contribution in [0.5, 0.6) is 17.2 Å². The molecule has 0 aromatic heterocycles. The molecule has 1 unspecified atom stereocenters. The van der Waals surface area contributed by atoms with Crippen LogP contribution in [0.2, 0.25) is 0 Å². The first-order chi connectivity index (χ1) is 17.5. The molecule has 3 amide bonds. The Morgan fingerprint density at radius 2 is 1.57 bits per heavy atom. The van der Waals surface area contributed by atoms with Gasteiger partial charge in [0.15, 0.2) is 11.5 Å². The molecular weight excluding hydrogens is 476 g/mol. The van der Waals surface area contributed by atoms with Crippen LogP contribution in [0.3, 0.4) is 0 Å². The highest BCUT2D eigenvalue weighted by Crippen LogP contribution is 2.41. The zero-order valence-electron chi connectivity index (χ0n) is 21.2. The SMILES string of the molecule is COc1ccc(C(c2cccc(NC(=O)OC(C)(C)C)c2)N2C(=O)c3cccc(O)c3C2=O)cc1OC. The summed E-state index contributed by atoms with van der Waals surface area (Å²) in [5, 5.41) is 13.0. The van der Waals surface area contributed by atoms with Crippen LogP contribution in [0.15, 0.2) is 60.7 Å². The molecule has 9 nitrogen and oxygen atoms in total. The molecule has 0 saturated heterocycles. The van der Waals surface area contributed by atoms with Crippen molar-refractivity contribution >= 4 is 23.6 Å². The summed E-state index contributed by atoms with van der Waals surface area (Å²) in [5.41, 5.74) is 0.874. The third-order valence-electron chi connectivity index (χ3n) is 5.75. The molecule has 1 aliphatic rings. The third kappa shape index (κ3) is 5.06. The Morgan fingerprint density at radius 3 is 2.22 bits per heavy atom. The number of aromatic hydroxyl groups is 1. The molecule has 1 aliphatic heterocycles. The molecule has 0 bridgehead atoms. The number of anilines is 1. The lowest BCUT2D eigenvalue weighted by atomic mass is 9.96. The van der Waals surface area contributed by atoms with Crippen LogP contribution in [-0.4, -0.2) is 47.7 Å². The molecule has 9 heteroatoms. The van der Waals surface area contributed by atoms with Crippen molar-refractivity contribution in [2.75, 3.05) is 19.5 Å². The monoisotopic (exact) mass is 504 g/mol. The fourth-order valence-electron chi connectivity index (χ4n) is 4.24. The van der Waals surface area contributed by atoms with Gasteiger partial charge in [0.05, 0.1) is 31.4 Å². The number of rotatable bonds is 6. The van der Waals surface area contributed by atoms with Crippen LogP contribution in [0.25, 0.3) is 0 Å². The largest absolute Gasteiger partial charge is 0.507 e. The van der Waals surface area contributed by atoms with Crippen molar-refractivity contribution in [1.29, 1.82) is 0 Å². The van der Waals surface area contributed by atoms with Crippen molar-refractivity contribution in [3.8, 4) is 17.2 Å². The van der Waals surface area contributed by atoms with Gasteiger partial charge in [0, 0.05) is 5.69 Å². The Bertz CT molecular complexity index is 1380. The molecule has 4 rings (SSSR count). The molecule has 0 spiro atoms. The number of carbonyl (C=O) groups is 3. The molecule has 1 heterocycles. The van der Waals surface area contributed by atoms with Gasteiger partial charge in [0.2, 0.25) is 0 Å². The van der Waals surface area contributed by atoms with E-state index in [4.69, 9.17) is 14.2 Å². The van der Waals surface area contributed by atoms with E-state index < -0.39 is 29.6 Å². The van der Waals surface area contributed by atoms with Gasteiger partial charge in [-0.15, -0.1) is 0 Å². The summed E-state index contributed by atoms with van der Waals surface area (Å²) in [5.74, 6) is -0.577. The second kappa shape index (κ2) is 9.85. The van der Waals surface area contributed by atoms with Crippen LogP contribution in [0, 0.1) is 0 Å². The normalized spacial score (nSPS) is 13.7. The topological polar surface area (TPSA) is 114 Å². The fraction of sp³-hybridized carbons (Fsp3) is 0.250. The van der Waals surface area contributed by atoms with E-state index in [1.807, 2.05) is 0 Å². The van der Waals surface area contributed by atoms with Crippen molar-refractivity contribution in [3.63, 3.8) is 0 Å². The number of imide groups is 1. The van der Waals surface area contributed by atoms with E-state index in [1.54, 1.807) is 63.2 Å². The predicted octanol–water partition coefficient (Wildman–Crippen LogP) is 5.14. The van der Waals surface area contributed by atoms with Crippen LogP contribution in [-0.2, 0) is 4.74 Å². The average Bonchev–Trinajstić information content (AvgIpc) is 3.09. The smallest absolute Gasteiger partial charge is 0.412 e. The molecule has 1 atom stereocenters. The zero-order chi connectivity index (χ0) is 26.9. The maximum Gasteiger partial charge on any atom is 0.412 e. The predicted molar refractivity (Wildman–Crippen MR) is 136 cm³/mol. The minimum Gasteiger partial charge on any atom is -0.507 e. The Balaban J connectivity index is 1.82. The summed E-state index contributed by atoms with van der Waals surface area (Å²) in [6.45, 7) is 5.27. The second-order valence-electron chi connectivity index (χ2n) is 9.45. The quantitative estimate of drug-likeness (QED) is 0.447. The Kier molecular flexibility index (Phi) is 6.80. The Labute approximate surface area is 214 Å². The van der Waals surface area contributed by atoms with E-state index in [9.17, 15) is 19.5 Å². The molecule has 192 valence electrons. The lowest BCUT2D eigenvalue weighted by Gasteiger charge is -2.28. The van der Waals surface area contributed by atoms with Crippen LogP contribution in [0.1, 0.15) is 58.7 Å². The van der Waals surface area contributed by atoms with Crippen LogP contribution < -0.4 is 14.8 Å². The van der Waals surface area contributed by atoms with Crippen molar-refractivity contribution < 1.29 is 33.7 Å². The van der Waals surface area contributed by atoms with Crippen molar-refractivity contribution in [2.45, 2.75) is 32.4 Å². The van der Waals surface area contributed by atoms with E-state index in [0.29, 0.717) is 28.3 Å². The fourth-order valence-corrected chi connectivity index (χ4v) is 4.24. The van der Waals surface area contributed by atoms with E-state index in [0.717, 1.165) is 4.90 Å². The molecule has 2 N–H and O–H groups in total. The molecule has 37 heavy (non-hydrogen) atoms. The molecule has 0 saturated carbocycles. The van der Waals surface area contributed by atoms with Gasteiger partial charge in [-0.2, -0.15) is 0 Å². The summed E-state index contributed by atoms with van der Waals surface area (Å²) < 4.78 is 16.1. The third-order valence-corrected chi connectivity index (χ3v) is 5.75. The number of ether oxygens (including phenoxy) is 3. The highest BCUT2D eigenvalue weighted by Gasteiger charge is 2.43. The summed E-state index contributed by atoms with van der Waals surface area (Å²) >= 11 is 0. The van der Waals surface area contributed by atoms with E-state index in [1.165, 1.54) is 32.4 Å². The first-order valence-electron chi connectivity index (χ1n) is 11.6. The maximum absolute atomic E-state index is 13.5. The number of amides is 3. The summed E-state index contributed by atoms with van der Waals surface area (Å²) in [7, 11) is 3.00. The van der Waals surface area contributed by atoms with Gasteiger partial charge in [-0.25, -0.2) is 4.79 Å². The molecular formula is C28H28N2O7. The number of benzene rings is 3. The highest BCUT2D eigenvalue weighted by atomic mass is 16.6. The van der Waals surface area contributed by atoms with Gasteiger partial charge in [0.1, 0.15) is 11.4 Å². The van der Waals surface area contributed by atoms with Crippen molar-refractivity contribution in [2.24, 2.45) is 0 Å². The minimum absolute atomic E-state index is 0.0546. The number of phenolic OH excluding ortho intramolecular Hbond substituents is 1. The lowest BCUT2D eigenvalue weighted by molar-refractivity contribution is 0.0601.